The van der Waals surface area contributed by atoms with E-state index in [0.29, 0.717) is 5.82 Å². The van der Waals surface area contributed by atoms with Crippen LogP contribution in [0.1, 0.15) is 38.8 Å². The zero-order chi connectivity index (χ0) is 11.0. The van der Waals surface area contributed by atoms with Gasteiger partial charge in [-0.15, -0.1) is 0 Å². The monoisotopic (exact) mass is 206 g/mol. The van der Waals surface area contributed by atoms with Crippen LogP contribution in [0.3, 0.4) is 0 Å². The fourth-order valence-corrected chi connectivity index (χ4v) is 1.89. The Balaban J connectivity index is 2.75. The number of alkyl halides is 1. The maximum atomic E-state index is 13.4. The summed E-state index contributed by atoms with van der Waals surface area (Å²) in [5.41, 5.74) is 1.87. The highest BCUT2D eigenvalue weighted by molar-refractivity contribution is 5.76. The average Bonchev–Trinajstić information content (AvgIpc) is 2.56. The number of rotatable bonds is 2. The highest BCUT2D eigenvalue weighted by Gasteiger charge is 2.17. The van der Waals surface area contributed by atoms with Crippen LogP contribution in [-0.2, 0) is 0 Å². The third-order valence-corrected chi connectivity index (χ3v) is 2.50. The number of aromatic nitrogens is 2. The van der Waals surface area contributed by atoms with Gasteiger partial charge >= 0.3 is 0 Å². The molecule has 2 rings (SSSR count). The zero-order valence-corrected chi connectivity index (χ0v) is 9.24. The van der Waals surface area contributed by atoms with Crippen LogP contribution in [0.2, 0.25) is 0 Å². The van der Waals surface area contributed by atoms with Gasteiger partial charge < -0.3 is 4.57 Å². The predicted molar refractivity (Wildman–Crippen MR) is 59.6 cm³/mol. The topological polar surface area (TPSA) is 17.8 Å². The van der Waals surface area contributed by atoms with Crippen molar-refractivity contribution in [3.63, 3.8) is 0 Å². The van der Waals surface area contributed by atoms with Crippen LogP contribution in [0.4, 0.5) is 4.39 Å². The standard InChI is InChI=1S/C12H15FN2/c1-8(2)15-11-7-5-4-6-10(11)14-12(15)9(3)13/h4-9H,1-3H3. The van der Waals surface area contributed by atoms with E-state index in [2.05, 4.69) is 4.98 Å². The van der Waals surface area contributed by atoms with Crippen molar-refractivity contribution in [1.82, 2.24) is 9.55 Å². The van der Waals surface area contributed by atoms with E-state index < -0.39 is 6.17 Å². The van der Waals surface area contributed by atoms with E-state index in [1.165, 1.54) is 6.92 Å². The molecule has 0 fully saturated rings. The number of para-hydroxylation sites is 2. The van der Waals surface area contributed by atoms with E-state index >= 15 is 0 Å². The second kappa shape index (κ2) is 3.65. The first-order valence-electron chi connectivity index (χ1n) is 5.22. The summed E-state index contributed by atoms with van der Waals surface area (Å²) >= 11 is 0. The van der Waals surface area contributed by atoms with Crippen LogP contribution in [0.5, 0.6) is 0 Å². The predicted octanol–water partition coefficient (Wildman–Crippen LogP) is 3.65. The number of fused-ring (bicyclic) bond motifs is 1. The Labute approximate surface area is 88.7 Å². The van der Waals surface area contributed by atoms with Crippen LogP contribution >= 0.6 is 0 Å². The number of halogens is 1. The number of benzene rings is 1. The highest BCUT2D eigenvalue weighted by atomic mass is 19.1. The van der Waals surface area contributed by atoms with E-state index in [4.69, 9.17) is 0 Å². The smallest absolute Gasteiger partial charge is 0.155 e. The molecule has 15 heavy (non-hydrogen) atoms. The average molecular weight is 206 g/mol. The molecule has 80 valence electrons. The number of nitrogens with zero attached hydrogens (tertiary/aromatic N) is 2. The van der Waals surface area contributed by atoms with Gasteiger partial charge in [0.1, 0.15) is 5.82 Å². The third kappa shape index (κ3) is 1.62. The van der Waals surface area contributed by atoms with Crippen LogP contribution in [0.25, 0.3) is 11.0 Å². The first-order chi connectivity index (χ1) is 7.11. The maximum Gasteiger partial charge on any atom is 0.155 e. The van der Waals surface area contributed by atoms with Crippen molar-refractivity contribution in [3.05, 3.63) is 30.1 Å². The van der Waals surface area contributed by atoms with Gasteiger partial charge in [-0.2, -0.15) is 0 Å². The molecule has 2 aromatic rings. The van der Waals surface area contributed by atoms with Gasteiger partial charge in [-0.05, 0) is 32.9 Å². The molecule has 0 spiro atoms. The largest absolute Gasteiger partial charge is 0.323 e. The molecule has 0 aliphatic rings. The van der Waals surface area contributed by atoms with Crippen LogP contribution in [0, 0.1) is 0 Å². The fraction of sp³-hybridized carbons (Fsp3) is 0.417. The van der Waals surface area contributed by atoms with E-state index in [1.807, 2.05) is 42.7 Å². The van der Waals surface area contributed by atoms with Crippen molar-refractivity contribution in [2.75, 3.05) is 0 Å². The summed E-state index contributed by atoms with van der Waals surface area (Å²) in [4.78, 5) is 4.32. The van der Waals surface area contributed by atoms with Gasteiger partial charge in [-0.25, -0.2) is 9.37 Å². The second-order valence-electron chi connectivity index (χ2n) is 4.04. The van der Waals surface area contributed by atoms with E-state index in [-0.39, 0.29) is 6.04 Å². The molecule has 0 bridgehead atoms. The summed E-state index contributed by atoms with van der Waals surface area (Å²) in [5, 5.41) is 0. The molecule has 0 aliphatic carbocycles. The minimum absolute atomic E-state index is 0.227. The van der Waals surface area contributed by atoms with Gasteiger partial charge in [0.05, 0.1) is 11.0 Å². The lowest BCUT2D eigenvalue weighted by Crippen LogP contribution is -2.06. The minimum Gasteiger partial charge on any atom is -0.323 e. The molecule has 0 N–H and O–H groups in total. The minimum atomic E-state index is -1.03. The summed E-state index contributed by atoms with van der Waals surface area (Å²) < 4.78 is 15.4. The Morgan fingerprint density at radius 2 is 1.87 bits per heavy atom. The highest BCUT2D eigenvalue weighted by Crippen LogP contribution is 2.26. The third-order valence-electron chi connectivity index (χ3n) is 2.50. The molecule has 1 unspecified atom stereocenters. The van der Waals surface area contributed by atoms with Crippen molar-refractivity contribution < 1.29 is 4.39 Å². The van der Waals surface area contributed by atoms with Crippen molar-refractivity contribution in [1.29, 1.82) is 0 Å². The molecule has 1 heterocycles. The lowest BCUT2D eigenvalue weighted by molar-refractivity contribution is 0.340. The molecule has 0 saturated heterocycles. The summed E-state index contributed by atoms with van der Waals surface area (Å²) in [6.45, 7) is 5.61. The Morgan fingerprint density at radius 3 is 2.47 bits per heavy atom. The molecule has 0 aliphatic heterocycles. The van der Waals surface area contributed by atoms with E-state index in [1.54, 1.807) is 0 Å². The Bertz CT molecular complexity index is 471. The first kappa shape index (κ1) is 10.1. The second-order valence-corrected chi connectivity index (χ2v) is 4.04. The quantitative estimate of drug-likeness (QED) is 0.733. The fourth-order valence-electron chi connectivity index (χ4n) is 1.89. The number of hydrogen-bond donors (Lipinski definition) is 0. The van der Waals surface area contributed by atoms with Gasteiger partial charge in [0.25, 0.3) is 0 Å². The SMILES string of the molecule is CC(F)c1nc2ccccc2n1C(C)C. The van der Waals surface area contributed by atoms with Gasteiger partial charge in [0, 0.05) is 6.04 Å². The summed E-state index contributed by atoms with van der Waals surface area (Å²) in [6, 6.07) is 8.00. The summed E-state index contributed by atoms with van der Waals surface area (Å²) in [7, 11) is 0. The molecule has 1 aromatic heterocycles. The van der Waals surface area contributed by atoms with Crippen molar-refractivity contribution >= 4 is 11.0 Å². The Hall–Kier alpha value is -1.38. The molecule has 0 radical (unpaired) electrons. The van der Waals surface area contributed by atoms with Crippen molar-refractivity contribution in [2.24, 2.45) is 0 Å². The molecule has 0 saturated carbocycles. The van der Waals surface area contributed by atoms with E-state index in [0.717, 1.165) is 11.0 Å². The lowest BCUT2D eigenvalue weighted by atomic mass is 10.3. The molecule has 1 atom stereocenters. The normalized spacial score (nSPS) is 13.7. The molecule has 1 aromatic carbocycles. The summed E-state index contributed by atoms with van der Waals surface area (Å²) in [5.74, 6) is 0.520. The molecule has 3 heteroatoms. The first-order valence-corrected chi connectivity index (χ1v) is 5.22. The Kier molecular flexibility index (Phi) is 2.47. The molecular formula is C12H15FN2. The molecular weight excluding hydrogens is 191 g/mol. The van der Waals surface area contributed by atoms with Crippen LogP contribution in [-0.4, -0.2) is 9.55 Å². The summed E-state index contributed by atoms with van der Waals surface area (Å²) in [6.07, 6.45) is -1.03. The number of imidazole rings is 1. The van der Waals surface area contributed by atoms with Crippen LogP contribution in [0.15, 0.2) is 24.3 Å². The lowest BCUT2D eigenvalue weighted by Gasteiger charge is -2.13. The molecule has 2 nitrogen and oxygen atoms in total. The number of hydrogen-bond acceptors (Lipinski definition) is 1. The Morgan fingerprint density at radius 1 is 1.20 bits per heavy atom. The zero-order valence-electron chi connectivity index (χ0n) is 9.24. The molecule has 0 amide bonds. The van der Waals surface area contributed by atoms with Gasteiger partial charge in [-0.3, -0.25) is 0 Å². The van der Waals surface area contributed by atoms with Crippen molar-refractivity contribution in [2.45, 2.75) is 33.0 Å². The maximum absolute atomic E-state index is 13.4. The van der Waals surface area contributed by atoms with Crippen LogP contribution < -0.4 is 0 Å². The van der Waals surface area contributed by atoms with Gasteiger partial charge in [-0.1, -0.05) is 12.1 Å². The van der Waals surface area contributed by atoms with Gasteiger partial charge in [0.15, 0.2) is 6.17 Å². The van der Waals surface area contributed by atoms with Crippen molar-refractivity contribution in [3.8, 4) is 0 Å². The van der Waals surface area contributed by atoms with Gasteiger partial charge in [0.2, 0.25) is 0 Å². The van der Waals surface area contributed by atoms with E-state index in [9.17, 15) is 4.39 Å².